The number of carbonyl (C=O) groups is 2. The molecule has 17 heavy (non-hydrogen) atoms. The smallest absolute Gasteiger partial charge is 0.309 e. The van der Waals surface area contributed by atoms with Crippen molar-refractivity contribution in [3.05, 3.63) is 0 Å². The maximum Gasteiger partial charge on any atom is 0.309 e. The zero-order valence-corrected chi connectivity index (χ0v) is 11.5. The van der Waals surface area contributed by atoms with Gasteiger partial charge >= 0.3 is 11.8 Å². The van der Waals surface area contributed by atoms with Gasteiger partial charge in [-0.05, 0) is 26.2 Å². The Morgan fingerprint density at radius 1 is 1.12 bits per heavy atom. The Bertz CT molecular complexity index is 240. The summed E-state index contributed by atoms with van der Waals surface area (Å²) in [5, 5.41) is 5.27. The van der Waals surface area contributed by atoms with E-state index in [1.807, 2.05) is 13.8 Å². The standard InChI is InChI=1S/C13H26N2O2/c1-5-7-8-11(6-2)9-14-12(16)13(17)15-10(3)4/h10-11H,5-9H2,1-4H3,(H,14,16)(H,15,17)/t11-/m0/s1. The number of amides is 2. The topological polar surface area (TPSA) is 58.2 Å². The molecule has 0 aromatic carbocycles. The molecular weight excluding hydrogens is 216 g/mol. The quantitative estimate of drug-likeness (QED) is 0.669. The van der Waals surface area contributed by atoms with Crippen molar-refractivity contribution in [2.24, 2.45) is 5.92 Å². The molecule has 4 nitrogen and oxygen atoms in total. The van der Waals surface area contributed by atoms with E-state index in [1.54, 1.807) is 0 Å². The number of rotatable bonds is 7. The van der Waals surface area contributed by atoms with Crippen LogP contribution in [0.4, 0.5) is 0 Å². The van der Waals surface area contributed by atoms with Gasteiger partial charge in [0.15, 0.2) is 0 Å². The highest BCUT2D eigenvalue weighted by Crippen LogP contribution is 2.10. The maximum atomic E-state index is 11.4. The van der Waals surface area contributed by atoms with Crippen LogP contribution < -0.4 is 10.6 Å². The van der Waals surface area contributed by atoms with Crippen molar-refractivity contribution >= 4 is 11.8 Å². The van der Waals surface area contributed by atoms with Crippen LogP contribution in [-0.2, 0) is 9.59 Å². The van der Waals surface area contributed by atoms with Crippen molar-refractivity contribution in [3.63, 3.8) is 0 Å². The van der Waals surface area contributed by atoms with Gasteiger partial charge in [0.25, 0.3) is 0 Å². The third kappa shape index (κ3) is 7.77. The molecule has 2 amide bonds. The van der Waals surface area contributed by atoms with E-state index in [4.69, 9.17) is 0 Å². The summed E-state index contributed by atoms with van der Waals surface area (Å²) >= 11 is 0. The highest BCUT2D eigenvalue weighted by Gasteiger charge is 2.15. The molecule has 0 spiro atoms. The minimum atomic E-state index is -0.537. The molecule has 0 aromatic heterocycles. The molecule has 0 fully saturated rings. The Kier molecular flexibility index (Phi) is 8.46. The van der Waals surface area contributed by atoms with Gasteiger partial charge in [-0.3, -0.25) is 9.59 Å². The molecule has 0 aromatic rings. The number of nitrogens with one attached hydrogen (secondary N) is 2. The average molecular weight is 242 g/mol. The fraction of sp³-hybridized carbons (Fsp3) is 0.846. The lowest BCUT2D eigenvalue weighted by atomic mass is 9.99. The zero-order chi connectivity index (χ0) is 13.3. The lowest BCUT2D eigenvalue weighted by molar-refractivity contribution is -0.139. The predicted octanol–water partition coefficient (Wildman–Crippen LogP) is 1.84. The number of unbranched alkanes of at least 4 members (excludes halogenated alkanes) is 1. The normalized spacial score (nSPS) is 12.3. The third-order valence-electron chi connectivity index (χ3n) is 2.72. The second-order valence-corrected chi connectivity index (χ2v) is 4.75. The van der Waals surface area contributed by atoms with E-state index in [9.17, 15) is 9.59 Å². The van der Waals surface area contributed by atoms with Crippen molar-refractivity contribution < 1.29 is 9.59 Å². The fourth-order valence-corrected chi connectivity index (χ4v) is 1.59. The van der Waals surface area contributed by atoms with Gasteiger partial charge < -0.3 is 10.6 Å². The number of hydrogen-bond donors (Lipinski definition) is 2. The molecule has 0 heterocycles. The predicted molar refractivity (Wildman–Crippen MR) is 69.6 cm³/mol. The summed E-state index contributed by atoms with van der Waals surface area (Å²) in [6, 6.07) is -0.00434. The highest BCUT2D eigenvalue weighted by molar-refractivity contribution is 6.35. The van der Waals surface area contributed by atoms with E-state index in [-0.39, 0.29) is 6.04 Å². The summed E-state index contributed by atoms with van der Waals surface area (Å²) in [4.78, 5) is 22.8. The molecule has 100 valence electrons. The first-order valence-electron chi connectivity index (χ1n) is 6.59. The Balaban J connectivity index is 3.91. The van der Waals surface area contributed by atoms with Crippen molar-refractivity contribution in [3.8, 4) is 0 Å². The molecule has 0 rings (SSSR count). The number of carbonyl (C=O) groups excluding carboxylic acids is 2. The summed E-state index contributed by atoms with van der Waals surface area (Å²) in [7, 11) is 0. The van der Waals surface area contributed by atoms with Gasteiger partial charge in [-0.2, -0.15) is 0 Å². The summed E-state index contributed by atoms with van der Waals surface area (Å²) in [6.07, 6.45) is 4.48. The van der Waals surface area contributed by atoms with Crippen LogP contribution in [0.5, 0.6) is 0 Å². The van der Waals surface area contributed by atoms with Crippen molar-refractivity contribution in [2.45, 2.75) is 59.4 Å². The largest absolute Gasteiger partial charge is 0.348 e. The van der Waals surface area contributed by atoms with Gasteiger partial charge in [0.2, 0.25) is 0 Å². The van der Waals surface area contributed by atoms with Crippen LogP contribution in [0.25, 0.3) is 0 Å². The van der Waals surface area contributed by atoms with Crippen molar-refractivity contribution in [2.75, 3.05) is 6.54 Å². The molecule has 0 unspecified atom stereocenters. The van der Waals surface area contributed by atoms with E-state index in [2.05, 4.69) is 24.5 Å². The highest BCUT2D eigenvalue weighted by atomic mass is 16.2. The second kappa shape index (κ2) is 9.02. The molecule has 0 bridgehead atoms. The Morgan fingerprint density at radius 3 is 2.24 bits per heavy atom. The van der Waals surface area contributed by atoms with Gasteiger partial charge in [0.1, 0.15) is 0 Å². The van der Waals surface area contributed by atoms with Gasteiger partial charge in [0.05, 0.1) is 0 Å². The monoisotopic (exact) mass is 242 g/mol. The van der Waals surface area contributed by atoms with E-state index in [1.165, 1.54) is 6.42 Å². The molecule has 0 aliphatic rings. The molecule has 0 radical (unpaired) electrons. The number of hydrogen-bond acceptors (Lipinski definition) is 2. The van der Waals surface area contributed by atoms with E-state index < -0.39 is 11.8 Å². The van der Waals surface area contributed by atoms with Gasteiger partial charge in [-0.1, -0.05) is 33.1 Å². The molecule has 0 saturated carbocycles. The minimum absolute atomic E-state index is 0.00434. The molecule has 2 N–H and O–H groups in total. The van der Waals surface area contributed by atoms with Crippen molar-refractivity contribution in [1.29, 1.82) is 0 Å². The summed E-state index contributed by atoms with van der Waals surface area (Å²) in [5.74, 6) is -0.579. The molecule has 4 heteroatoms. The first kappa shape index (κ1) is 15.9. The van der Waals surface area contributed by atoms with Gasteiger partial charge in [0, 0.05) is 12.6 Å². The van der Waals surface area contributed by atoms with Crippen LogP contribution in [0.2, 0.25) is 0 Å². The van der Waals surface area contributed by atoms with Crippen LogP contribution in [0.15, 0.2) is 0 Å². The Labute approximate surface area is 105 Å². The van der Waals surface area contributed by atoms with Crippen LogP contribution in [0.1, 0.15) is 53.4 Å². The van der Waals surface area contributed by atoms with E-state index in [0.717, 1.165) is 19.3 Å². The van der Waals surface area contributed by atoms with Gasteiger partial charge in [-0.25, -0.2) is 0 Å². The first-order chi connectivity index (χ1) is 8.01. The minimum Gasteiger partial charge on any atom is -0.348 e. The fourth-order valence-electron chi connectivity index (χ4n) is 1.59. The zero-order valence-electron chi connectivity index (χ0n) is 11.5. The molecule has 0 aliphatic heterocycles. The average Bonchev–Trinajstić information content (AvgIpc) is 2.28. The summed E-state index contributed by atoms with van der Waals surface area (Å²) in [5.41, 5.74) is 0. The van der Waals surface area contributed by atoms with Crippen LogP contribution >= 0.6 is 0 Å². The molecular formula is C13H26N2O2. The van der Waals surface area contributed by atoms with Crippen LogP contribution in [-0.4, -0.2) is 24.4 Å². The third-order valence-corrected chi connectivity index (χ3v) is 2.72. The van der Waals surface area contributed by atoms with E-state index >= 15 is 0 Å². The van der Waals surface area contributed by atoms with Crippen LogP contribution in [0, 0.1) is 5.92 Å². The molecule has 1 atom stereocenters. The van der Waals surface area contributed by atoms with Crippen molar-refractivity contribution in [1.82, 2.24) is 10.6 Å². The Morgan fingerprint density at radius 2 is 1.76 bits per heavy atom. The Hall–Kier alpha value is -1.06. The summed E-state index contributed by atoms with van der Waals surface area (Å²) in [6.45, 7) is 8.53. The lowest BCUT2D eigenvalue weighted by Crippen LogP contribution is -2.44. The van der Waals surface area contributed by atoms with E-state index in [0.29, 0.717) is 12.5 Å². The molecule has 0 aliphatic carbocycles. The second-order valence-electron chi connectivity index (χ2n) is 4.75. The maximum absolute atomic E-state index is 11.4. The SMILES string of the molecule is CCCC[C@H](CC)CNC(=O)C(=O)NC(C)C. The first-order valence-corrected chi connectivity index (χ1v) is 6.59. The van der Waals surface area contributed by atoms with Crippen LogP contribution in [0.3, 0.4) is 0 Å². The molecule has 0 saturated heterocycles. The lowest BCUT2D eigenvalue weighted by Gasteiger charge is -2.15. The van der Waals surface area contributed by atoms with Gasteiger partial charge in [-0.15, -0.1) is 0 Å². The summed E-state index contributed by atoms with van der Waals surface area (Å²) < 4.78 is 0.